The molecule has 0 aromatic carbocycles. The van der Waals surface area contributed by atoms with Gasteiger partial charge in [0.25, 0.3) is 0 Å². The van der Waals surface area contributed by atoms with Crippen molar-refractivity contribution in [3.05, 3.63) is 0 Å². The van der Waals surface area contributed by atoms with Gasteiger partial charge in [-0.2, -0.15) is 0 Å². The van der Waals surface area contributed by atoms with E-state index in [1.807, 2.05) is 0 Å². The average molecular weight is 316 g/mol. The first kappa shape index (κ1) is 14.1. The summed E-state index contributed by atoms with van der Waals surface area (Å²) in [6.45, 7) is 0. The average Bonchev–Trinajstić information content (AvgIpc) is 3.39. The van der Waals surface area contributed by atoms with Crippen LogP contribution in [0.5, 0.6) is 0 Å². The third-order valence-corrected chi connectivity index (χ3v) is 8.46. The van der Waals surface area contributed by atoms with Crippen LogP contribution in [0.4, 0.5) is 0 Å². The van der Waals surface area contributed by atoms with Crippen molar-refractivity contribution in [1.82, 2.24) is 0 Å². The molecule has 0 spiro atoms. The maximum absolute atomic E-state index is 5.95. The van der Waals surface area contributed by atoms with Gasteiger partial charge in [-0.3, -0.25) is 0 Å². The van der Waals surface area contributed by atoms with Gasteiger partial charge in [-0.1, -0.05) is 6.42 Å². The van der Waals surface area contributed by atoms with Crippen molar-refractivity contribution < 1.29 is 9.47 Å². The Kier molecular flexibility index (Phi) is 3.20. The van der Waals surface area contributed by atoms with Gasteiger partial charge in [-0.05, 0) is 99.7 Å². The highest BCUT2D eigenvalue weighted by molar-refractivity contribution is 5.00. The summed E-state index contributed by atoms with van der Waals surface area (Å²) in [5.41, 5.74) is 0. The topological polar surface area (TPSA) is 25.1 Å². The van der Waals surface area contributed by atoms with Crippen LogP contribution in [0.25, 0.3) is 0 Å². The Morgan fingerprint density at radius 1 is 0.522 bits per heavy atom. The molecule has 0 N–H and O–H groups in total. The van der Waals surface area contributed by atoms with Gasteiger partial charge in [0, 0.05) is 0 Å². The van der Waals surface area contributed by atoms with E-state index in [4.69, 9.17) is 9.47 Å². The largest absolute Gasteiger partial charge is 0.370 e. The molecule has 0 amide bonds. The minimum absolute atomic E-state index is 0.656. The van der Waals surface area contributed by atoms with E-state index < -0.39 is 0 Å². The van der Waals surface area contributed by atoms with E-state index in [1.165, 1.54) is 44.9 Å². The second-order valence-corrected chi connectivity index (χ2v) is 10.0. The standard InChI is InChI=1S/C21H32O2/c1-3-14-9-15(14)5-12(1)6-16-10-20-21(23-20)11-17(16)7-13-2-4-18-19(8-13)22-18/h12-21H,1-11H2. The van der Waals surface area contributed by atoms with E-state index in [0.29, 0.717) is 24.4 Å². The molecule has 2 saturated heterocycles. The van der Waals surface area contributed by atoms with Crippen molar-refractivity contribution in [3.63, 3.8) is 0 Å². The molecule has 0 radical (unpaired) electrons. The van der Waals surface area contributed by atoms with E-state index >= 15 is 0 Å². The molecule has 0 bridgehead atoms. The van der Waals surface area contributed by atoms with Crippen LogP contribution >= 0.6 is 0 Å². The monoisotopic (exact) mass is 316 g/mol. The molecule has 23 heavy (non-hydrogen) atoms. The van der Waals surface area contributed by atoms with Crippen molar-refractivity contribution in [1.29, 1.82) is 0 Å². The highest BCUT2D eigenvalue weighted by Gasteiger charge is 2.51. The predicted octanol–water partition coefficient (Wildman–Crippen LogP) is 4.56. The third-order valence-electron chi connectivity index (χ3n) is 8.46. The Labute approximate surface area is 140 Å². The second-order valence-electron chi connectivity index (χ2n) is 10.0. The normalized spacial score (nSPS) is 59.5. The molecule has 2 heterocycles. The van der Waals surface area contributed by atoms with E-state index in [2.05, 4.69) is 0 Å². The molecule has 4 saturated carbocycles. The minimum Gasteiger partial charge on any atom is -0.370 e. The van der Waals surface area contributed by atoms with Crippen molar-refractivity contribution in [2.45, 2.75) is 95.0 Å². The van der Waals surface area contributed by atoms with Crippen molar-refractivity contribution in [3.8, 4) is 0 Å². The van der Waals surface area contributed by atoms with Crippen LogP contribution in [0, 0.1) is 35.5 Å². The molecular weight excluding hydrogens is 284 g/mol. The maximum Gasteiger partial charge on any atom is 0.0844 e. The number of rotatable bonds is 4. The van der Waals surface area contributed by atoms with Gasteiger partial charge in [-0.15, -0.1) is 0 Å². The number of epoxide rings is 2. The highest BCUT2D eigenvalue weighted by atomic mass is 16.6. The summed E-state index contributed by atoms with van der Waals surface area (Å²) in [6.07, 6.45) is 18.9. The smallest absolute Gasteiger partial charge is 0.0844 e. The maximum atomic E-state index is 5.95. The molecule has 6 fully saturated rings. The zero-order chi connectivity index (χ0) is 15.0. The van der Waals surface area contributed by atoms with Gasteiger partial charge in [-0.25, -0.2) is 0 Å². The van der Waals surface area contributed by atoms with Crippen molar-refractivity contribution in [2.75, 3.05) is 0 Å². The Bertz CT molecular complexity index is 434. The summed E-state index contributed by atoms with van der Waals surface area (Å²) in [5.74, 6) is 6.26. The Morgan fingerprint density at radius 2 is 1.17 bits per heavy atom. The SMILES string of the molecule is C1CC2CC2CC1CC1CC2OC2CC1CC1CCC2OC2C1. The quantitative estimate of drug-likeness (QED) is 0.710. The summed E-state index contributed by atoms with van der Waals surface area (Å²) in [7, 11) is 0. The molecule has 10 atom stereocenters. The lowest BCUT2D eigenvalue weighted by molar-refractivity contribution is 0.155. The van der Waals surface area contributed by atoms with Gasteiger partial charge in [0.05, 0.1) is 24.4 Å². The highest BCUT2D eigenvalue weighted by Crippen LogP contribution is 2.55. The molecule has 10 unspecified atom stereocenters. The zero-order valence-electron chi connectivity index (χ0n) is 14.4. The van der Waals surface area contributed by atoms with Crippen LogP contribution in [0.15, 0.2) is 0 Å². The fourth-order valence-electron chi connectivity index (χ4n) is 6.87. The first-order valence-electron chi connectivity index (χ1n) is 10.6. The van der Waals surface area contributed by atoms with E-state index in [0.717, 1.165) is 35.5 Å². The number of fused-ring (bicyclic) bond motifs is 3. The number of ether oxygens (including phenoxy) is 2. The van der Waals surface area contributed by atoms with E-state index in [1.54, 1.807) is 25.7 Å². The number of hydrogen-bond donors (Lipinski definition) is 0. The molecule has 6 aliphatic rings. The molecule has 6 rings (SSSR count). The Morgan fingerprint density at radius 3 is 1.91 bits per heavy atom. The van der Waals surface area contributed by atoms with E-state index in [9.17, 15) is 0 Å². The van der Waals surface area contributed by atoms with E-state index in [-0.39, 0.29) is 0 Å². The van der Waals surface area contributed by atoms with Crippen LogP contribution < -0.4 is 0 Å². The molecule has 0 aromatic rings. The van der Waals surface area contributed by atoms with Gasteiger partial charge in [0.2, 0.25) is 0 Å². The predicted molar refractivity (Wildman–Crippen MR) is 89.0 cm³/mol. The van der Waals surface area contributed by atoms with Gasteiger partial charge in [0.1, 0.15) is 0 Å². The number of hydrogen-bond acceptors (Lipinski definition) is 2. The first-order chi connectivity index (χ1) is 11.3. The third kappa shape index (κ3) is 2.78. The lowest BCUT2D eigenvalue weighted by Crippen LogP contribution is -2.30. The van der Waals surface area contributed by atoms with Crippen molar-refractivity contribution >= 4 is 0 Å². The van der Waals surface area contributed by atoms with Crippen molar-refractivity contribution in [2.24, 2.45) is 35.5 Å². The molecule has 2 aliphatic heterocycles. The van der Waals surface area contributed by atoms with Crippen LogP contribution in [0.1, 0.15) is 70.6 Å². The Balaban J connectivity index is 1.10. The molecule has 4 aliphatic carbocycles. The molecule has 0 aromatic heterocycles. The summed E-state index contributed by atoms with van der Waals surface area (Å²) in [5, 5.41) is 0. The fourth-order valence-corrected chi connectivity index (χ4v) is 6.87. The fraction of sp³-hybridized carbons (Fsp3) is 1.00. The molecule has 2 heteroatoms. The van der Waals surface area contributed by atoms with Gasteiger partial charge < -0.3 is 9.47 Å². The lowest BCUT2D eigenvalue weighted by atomic mass is 9.68. The Hall–Kier alpha value is -0.0800. The van der Waals surface area contributed by atoms with Gasteiger partial charge in [0.15, 0.2) is 0 Å². The molecular formula is C21H32O2. The summed E-state index contributed by atoms with van der Waals surface area (Å²) in [4.78, 5) is 0. The summed E-state index contributed by atoms with van der Waals surface area (Å²) >= 11 is 0. The lowest BCUT2D eigenvalue weighted by Gasteiger charge is -2.36. The summed E-state index contributed by atoms with van der Waals surface area (Å²) in [6, 6.07) is 0. The zero-order valence-corrected chi connectivity index (χ0v) is 14.4. The van der Waals surface area contributed by atoms with Gasteiger partial charge >= 0.3 is 0 Å². The minimum atomic E-state index is 0.656. The van der Waals surface area contributed by atoms with Crippen LogP contribution in [0.3, 0.4) is 0 Å². The summed E-state index contributed by atoms with van der Waals surface area (Å²) < 4.78 is 11.7. The van der Waals surface area contributed by atoms with Crippen LogP contribution in [-0.4, -0.2) is 24.4 Å². The van der Waals surface area contributed by atoms with Crippen LogP contribution in [0.2, 0.25) is 0 Å². The second kappa shape index (κ2) is 5.21. The first-order valence-corrected chi connectivity index (χ1v) is 10.6. The van der Waals surface area contributed by atoms with Crippen LogP contribution in [-0.2, 0) is 9.47 Å². The molecule has 2 nitrogen and oxygen atoms in total. The molecule has 128 valence electrons.